The number of halogens is 1. The van der Waals surface area contributed by atoms with Crippen molar-refractivity contribution in [3.63, 3.8) is 0 Å². The van der Waals surface area contributed by atoms with E-state index in [0.29, 0.717) is 17.9 Å². The summed E-state index contributed by atoms with van der Waals surface area (Å²) >= 11 is 0. The van der Waals surface area contributed by atoms with E-state index in [0.717, 1.165) is 12.8 Å². The molecule has 2 saturated heterocycles. The molecule has 26 heavy (non-hydrogen) atoms. The van der Waals surface area contributed by atoms with Crippen molar-refractivity contribution in [3.8, 4) is 0 Å². The average molecular weight is 406 g/mol. The molecule has 0 aromatic carbocycles. The van der Waals surface area contributed by atoms with Crippen molar-refractivity contribution in [1.29, 1.82) is 0 Å². The van der Waals surface area contributed by atoms with Crippen molar-refractivity contribution in [2.45, 2.75) is 62.2 Å². The smallest absolute Gasteiger partial charge is 0.259 e. The van der Waals surface area contributed by atoms with Gasteiger partial charge in [0.1, 0.15) is 5.82 Å². The van der Waals surface area contributed by atoms with Crippen molar-refractivity contribution < 1.29 is 13.2 Å². The van der Waals surface area contributed by atoms with Crippen LogP contribution in [0.25, 0.3) is 0 Å². The molecule has 2 bridgehead atoms. The molecule has 8 nitrogen and oxygen atoms in total. The molecule has 3 heterocycles. The molecule has 2 aliphatic heterocycles. The SMILES string of the molecule is Cc1nc(S(=O)(=O)NCCC(=O)N(C)C2CC3CCC(C2)N3)cn1C.Cl. The highest BCUT2D eigenvalue weighted by atomic mass is 35.5. The summed E-state index contributed by atoms with van der Waals surface area (Å²) in [6, 6.07) is 1.29. The Morgan fingerprint density at radius 2 is 2.00 bits per heavy atom. The van der Waals surface area contributed by atoms with Crippen LogP contribution < -0.4 is 10.0 Å². The van der Waals surface area contributed by atoms with E-state index < -0.39 is 10.0 Å². The average Bonchev–Trinajstić information content (AvgIpc) is 3.08. The molecule has 2 atom stereocenters. The Hall–Kier alpha value is -1.16. The topological polar surface area (TPSA) is 96.3 Å². The van der Waals surface area contributed by atoms with Crippen molar-refractivity contribution in [2.75, 3.05) is 13.6 Å². The van der Waals surface area contributed by atoms with Crippen LogP contribution in [0.5, 0.6) is 0 Å². The highest BCUT2D eigenvalue weighted by Crippen LogP contribution is 2.29. The van der Waals surface area contributed by atoms with Crippen LogP contribution in [0.1, 0.15) is 37.9 Å². The number of carbonyl (C=O) groups excluding carboxylic acids is 1. The summed E-state index contributed by atoms with van der Waals surface area (Å²) in [5, 5.41) is 3.55. The zero-order chi connectivity index (χ0) is 18.2. The van der Waals surface area contributed by atoms with Gasteiger partial charge >= 0.3 is 0 Å². The van der Waals surface area contributed by atoms with Gasteiger partial charge in [-0.25, -0.2) is 18.1 Å². The van der Waals surface area contributed by atoms with E-state index in [-0.39, 0.29) is 42.3 Å². The second-order valence-corrected chi connectivity index (χ2v) is 8.87. The van der Waals surface area contributed by atoms with Crippen LogP contribution in [-0.2, 0) is 21.9 Å². The van der Waals surface area contributed by atoms with E-state index in [1.54, 1.807) is 23.4 Å². The molecule has 10 heteroatoms. The lowest BCUT2D eigenvalue weighted by atomic mass is 9.98. The molecule has 148 valence electrons. The number of imidazole rings is 1. The van der Waals surface area contributed by atoms with Gasteiger partial charge in [0.15, 0.2) is 5.03 Å². The predicted molar refractivity (Wildman–Crippen MR) is 101 cm³/mol. The van der Waals surface area contributed by atoms with E-state index in [1.165, 1.54) is 19.0 Å². The van der Waals surface area contributed by atoms with Gasteiger partial charge in [-0.1, -0.05) is 0 Å². The fourth-order valence-electron chi connectivity index (χ4n) is 3.75. The number of amides is 1. The molecule has 1 aromatic heterocycles. The molecular formula is C16H28ClN5O3S. The number of hydrogen-bond donors (Lipinski definition) is 2. The van der Waals surface area contributed by atoms with E-state index in [4.69, 9.17) is 0 Å². The van der Waals surface area contributed by atoms with E-state index in [2.05, 4.69) is 15.0 Å². The Balaban J connectivity index is 0.00000243. The summed E-state index contributed by atoms with van der Waals surface area (Å²) in [6.07, 6.45) is 5.96. The van der Waals surface area contributed by atoms with Crippen LogP contribution in [0.4, 0.5) is 0 Å². The number of aryl methyl sites for hydroxylation is 2. The molecule has 1 aromatic rings. The molecule has 0 saturated carbocycles. The first-order valence-electron chi connectivity index (χ1n) is 8.77. The fourth-order valence-corrected chi connectivity index (χ4v) is 4.81. The van der Waals surface area contributed by atoms with Crippen molar-refractivity contribution in [1.82, 2.24) is 24.5 Å². The maximum atomic E-state index is 12.4. The van der Waals surface area contributed by atoms with Crippen LogP contribution in [0.2, 0.25) is 0 Å². The minimum atomic E-state index is -3.68. The van der Waals surface area contributed by atoms with Gasteiger partial charge in [-0.3, -0.25) is 4.79 Å². The highest BCUT2D eigenvalue weighted by Gasteiger charge is 2.36. The lowest BCUT2D eigenvalue weighted by Crippen LogP contribution is -2.49. The number of rotatable bonds is 6. The zero-order valence-corrected chi connectivity index (χ0v) is 17.1. The second-order valence-electron chi connectivity index (χ2n) is 7.15. The highest BCUT2D eigenvalue weighted by molar-refractivity contribution is 7.89. The first kappa shape index (κ1) is 21.1. The molecule has 2 N–H and O–H groups in total. The fraction of sp³-hybridized carbons (Fsp3) is 0.750. The monoisotopic (exact) mass is 405 g/mol. The largest absolute Gasteiger partial charge is 0.343 e. The molecular weight excluding hydrogens is 378 g/mol. The number of hydrogen-bond acceptors (Lipinski definition) is 5. The third-order valence-electron chi connectivity index (χ3n) is 5.38. The van der Waals surface area contributed by atoms with Gasteiger partial charge in [-0.2, -0.15) is 0 Å². The van der Waals surface area contributed by atoms with Crippen LogP contribution in [0.15, 0.2) is 11.2 Å². The Labute approximate surface area is 161 Å². The summed E-state index contributed by atoms with van der Waals surface area (Å²) in [5.41, 5.74) is 0. The number of nitrogens with one attached hydrogen (secondary N) is 2. The molecule has 3 rings (SSSR count). The maximum Gasteiger partial charge on any atom is 0.259 e. The van der Waals surface area contributed by atoms with Gasteiger partial charge in [0.2, 0.25) is 5.91 Å². The number of sulfonamides is 1. The van der Waals surface area contributed by atoms with Crippen LogP contribution in [0.3, 0.4) is 0 Å². The first-order chi connectivity index (χ1) is 11.8. The summed E-state index contributed by atoms with van der Waals surface area (Å²) < 4.78 is 28.6. The van der Waals surface area contributed by atoms with Crippen molar-refractivity contribution in [2.24, 2.45) is 7.05 Å². The Morgan fingerprint density at radius 3 is 2.54 bits per heavy atom. The lowest BCUT2D eigenvalue weighted by Gasteiger charge is -2.35. The molecule has 2 aliphatic rings. The minimum absolute atomic E-state index is 0. The third kappa shape index (κ3) is 4.57. The van der Waals surface area contributed by atoms with Crippen LogP contribution in [-0.4, -0.2) is 60.5 Å². The van der Waals surface area contributed by atoms with Gasteiger partial charge < -0.3 is 14.8 Å². The van der Waals surface area contributed by atoms with E-state index >= 15 is 0 Å². The predicted octanol–water partition coefficient (Wildman–Crippen LogP) is 0.560. The minimum Gasteiger partial charge on any atom is -0.343 e. The van der Waals surface area contributed by atoms with Gasteiger partial charge in [0.25, 0.3) is 10.0 Å². The molecule has 2 unspecified atom stereocenters. The number of piperidine rings is 1. The Kier molecular flexibility index (Phi) is 6.70. The quantitative estimate of drug-likeness (QED) is 0.720. The molecule has 2 fully saturated rings. The standard InChI is InChI=1S/C16H27N5O3S.ClH/c1-11-18-15(10-20(11)2)25(23,24)17-7-6-16(22)21(3)14-8-12-4-5-13(9-14)19-12;/h10,12-14,17,19H,4-9H2,1-3H3;1H. The normalized spacial score (nSPS) is 25.0. The van der Waals surface area contributed by atoms with Gasteiger partial charge in [-0.05, 0) is 32.6 Å². The number of fused-ring (bicyclic) bond motifs is 2. The Morgan fingerprint density at radius 1 is 1.38 bits per heavy atom. The maximum absolute atomic E-state index is 12.4. The second kappa shape index (κ2) is 8.24. The summed E-state index contributed by atoms with van der Waals surface area (Å²) in [4.78, 5) is 18.2. The summed E-state index contributed by atoms with van der Waals surface area (Å²) in [5.74, 6) is 0.600. The van der Waals surface area contributed by atoms with Crippen LogP contribution in [0, 0.1) is 6.92 Å². The number of nitrogens with zero attached hydrogens (tertiary/aromatic N) is 3. The van der Waals surface area contributed by atoms with Gasteiger partial charge in [-0.15, -0.1) is 12.4 Å². The van der Waals surface area contributed by atoms with Gasteiger partial charge in [0.05, 0.1) is 0 Å². The van der Waals surface area contributed by atoms with Crippen molar-refractivity contribution >= 4 is 28.3 Å². The van der Waals surface area contributed by atoms with E-state index in [1.807, 2.05) is 7.05 Å². The molecule has 0 radical (unpaired) electrons. The Bertz CT molecular complexity index is 720. The lowest BCUT2D eigenvalue weighted by molar-refractivity contribution is -0.132. The van der Waals surface area contributed by atoms with E-state index in [9.17, 15) is 13.2 Å². The summed E-state index contributed by atoms with van der Waals surface area (Å²) in [7, 11) is -0.109. The third-order valence-corrected chi connectivity index (χ3v) is 6.71. The first-order valence-corrected chi connectivity index (χ1v) is 10.3. The molecule has 0 spiro atoms. The molecule has 0 aliphatic carbocycles. The van der Waals surface area contributed by atoms with Gasteiger partial charge in [0, 0.05) is 51.4 Å². The van der Waals surface area contributed by atoms with Crippen LogP contribution >= 0.6 is 12.4 Å². The zero-order valence-electron chi connectivity index (χ0n) is 15.4. The number of carbonyl (C=O) groups is 1. The molecule has 1 amide bonds. The van der Waals surface area contributed by atoms with Crippen molar-refractivity contribution in [3.05, 3.63) is 12.0 Å². The number of aromatic nitrogens is 2. The summed E-state index contributed by atoms with van der Waals surface area (Å²) in [6.45, 7) is 1.82.